The first-order valence-corrected chi connectivity index (χ1v) is 7.41. The predicted octanol–water partition coefficient (Wildman–Crippen LogP) is 4.60. The highest BCUT2D eigenvalue weighted by Gasteiger charge is 2.17. The Balaban J connectivity index is 2.16. The van der Waals surface area contributed by atoms with Crippen molar-refractivity contribution in [2.45, 2.75) is 6.92 Å². The molecule has 0 fully saturated rings. The molecule has 4 heteroatoms. The maximum absolute atomic E-state index is 12.5. The van der Waals surface area contributed by atoms with Gasteiger partial charge in [0.15, 0.2) is 0 Å². The molecule has 0 N–H and O–H groups in total. The highest BCUT2D eigenvalue weighted by molar-refractivity contribution is 9.10. The van der Waals surface area contributed by atoms with Crippen LogP contribution in [0.15, 0.2) is 47.2 Å². The van der Waals surface area contributed by atoms with E-state index in [2.05, 4.69) is 20.9 Å². The van der Waals surface area contributed by atoms with Crippen LogP contribution in [0.2, 0.25) is 0 Å². The van der Waals surface area contributed by atoms with Gasteiger partial charge >= 0.3 is 0 Å². The van der Waals surface area contributed by atoms with Gasteiger partial charge in [-0.15, -0.1) is 11.3 Å². The van der Waals surface area contributed by atoms with Crippen molar-refractivity contribution >= 4 is 43.1 Å². The number of thiophene rings is 1. The van der Waals surface area contributed by atoms with E-state index in [1.807, 2.05) is 25.1 Å². The summed E-state index contributed by atoms with van der Waals surface area (Å²) in [7, 11) is 0. The third-order valence-electron chi connectivity index (χ3n) is 3.03. The zero-order valence-electron chi connectivity index (χ0n) is 10.2. The molecule has 3 rings (SSSR count). The lowest BCUT2D eigenvalue weighted by molar-refractivity contribution is 0.104. The number of aromatic nitrogens is 1. The number of aryl methyl sites for hydroxylation is 1. The van der Waals surface area contributed by atoms with Crippen LogP contribution in [0.3, 0.4) is 0 Å². The van der Waals surface area contributed by atoms with E-state index >= 15 is 0 Å². The smallest absolute Gasteiger partial charge is 0.204 e. The molecule has 0 amide bonds. The monoisotopic (exact) mass is 331 g/mol. The van der Waals surface area contributed by atoms with E-state index in [1.165, 1.54) is 11.3 Å². The predicted molar refractivity (Wildman–Crippen MR) is 81.9 cm³/mol. The number of carbonyl (C=O) groups is 1. The van der Waals surface area contributed by atoms with Crippen molar-refractivity contribution in [3.05, 3.63) is 63.2 Å². The third kappa shape index (κ3) is 2.22. The van der Waals surface area contributed by atoms with Crippen LogP contribution in [0, 0.1) is 6.92 Å². The fourth-order valence-corrected chi connectivity index (χ4v) is 3.77. The Hall–Kier alpha value is -1.52. The average Bonchev–Trinajstić information content (AvgIpc) is 2.75. The molecule has 19 heavy (non-hydrogen) atoms. The SMILES string of the molecule is Cc1c(C(=O)c2cccnc2)sc2cc(Br)ccc12. The summed E-state index contributed by atoms with van der Waals surface area (Å²) < 4.78 is 2.15. The van der Waals surface area contributed by atoms with E-state index in [0.29, 0.717) is 5.56 Å². The van der Waals surface area contributed by atoms with Crippen molar-refractivity contribution in [2.75, 3.05) is 0 Å². The molecule has 0 spiro atoms. The molecular formula is C15H10BrNOS. The number of halogens is 1. The highest BCUT2D eigenvalue weighted by atomic mass is 79.9. The van der Waals surface area contributed by atoms with Gasteiger partial charge in [0.1, 0.15) is 0 Å². The summed E-state index contributed by atoms with van der Waals surface area (Å²) in [5.74, 6) is 0.0444. The molecule has 0 saturated carbocycles. The Morgan fingerprint density at radius 2 is 2.16 bits per heavy atom. The molecule has 0 radical (unpaired) electrons. The van der Waals surface area contributed by atoms with E-state index in [0.717, 1.165) is 25.0 Å². The Morgan fingerprint density at radius 1 is 1.32 bits per heavy atom. The Kier molecular flexibility index (Phi) is 3.21. The van der Waals surface area contributed by atoms with Crippen molar-refractivity contribution in [3.63, 3.8) is 0 Å². The van der Waals surface area contributed by atoms with Crippen LogP contribution >= 0.6 is 27.3 Å². The van der Waals surface area contributed by atoms with Crippen LogP contribution in [0.1, 0.15) is 20.8 Å². The summed E-state index contributed by atoms with van der Waals surface area (Å²) >= 11 is 4.99. The van der Waals surface area contributed by atoms with E-state index in [9.17, 15) is 4.79 Å². The number of pyridine rings is 1. The quantitative estimate of drug-likeness (QED) is 0.642. The molecule has 3 aromatic rings. The Labute approximate surface area is 123 Å². The maximum Gasteiger partial charge on any atom is 0.204 e. The van der Waals surface area contributed by atoms with Gasteiger partial charge in [-0.3, -0.25) is 9.78 Å². The molecule has 94 valence electrons. The number of carbonyl (C=O) groups excluding carboxylic acids is 1. The fraction of sp³-hybridized carbons (Fsp3) is 0.0667. The van der Waals surface area contributed by atoms with Crippen LogP contribution < -0.4 is 0 Å². The second-order valence-corrected chi connectivity index (χ2v) is 6.24. The van der Waals surface area contributed by atoms with E-state index in [4.69, 9.17) is 0 Å². The van der Waals surface area contributed by atoms with Crippen LogP contribution in [-0.2, 0) is 0 Å². The van der Waals surface area contributed by atoms with Crippen LogP contribution in [-0.4, -0.2) is 10.8 Å². The van der Waals surface area contributed by atoms with Crippen LogP contribution in [0.5, 0.6) is 0 Å². The van der Waals surface area contributed by atoms with Gasteiger partial charge in [0.25, 0.3) is 0 Å². The topological polar surface area (TPSA) is 30.0 Å². The zero-order valence-corrected chi connectivity index (χ0v) is 12.6. The van der Waals surface area contributed by atoms with Crippen LogP contribution in [0.4, 0.5) is 0 Å². The summed E-state index contributed by atoms with van der Waals surface area (Å²) in [5, 5.41) is 1.14. The number of hydrogen-bond donors (Lipinski definition) is 0. The van der Waals surface area contributed by atoms with Gasteiger partial charge in [-0.25, -0.2) is 0 Å². The molecular weight excluding hydrogens is 322 g/mol. The van der Waals surface area contributed by atoms with Gasteiger partial charge in [0, 0.05) is 27.1 Å². The maximum atomic E-state index is 12.5. The fourth-order valence-electron chi connectivity index (χ4n) is 2.04. The minimum absolute atomic E-state index is 0.0444. The lowest BCUT2D eigenvalue weighted by Gasteiger charge is -1.98. The first-order valence-electron chi connectivity index (χ1n) is 5.80. The molecule has 2 aromatic heterocycles. The summed E-state index contributed by atoms with van der Waals surface area (Å²) in [6.07, 6.45) is 3.29. The van der Waals surface area contributed by atoms with Gasteiger partial charge in [-0.2, -0.15) is 0 Å². The summed E-state index contributed by atoms with van der Waals surface area (Å²) in [4.78, 5) is 17.3. The number of hydrogen-bond acceptors (Lipinski definition) is 3. The lowest BCUT2D eigenvalue weighted by atomic mass is 10.1. The molecule has 0 atom stereocenters. The molecule has 2 nitrogen and oxygen atoms in total. The van der Waals surface area contributed by atoms with Crippen molar-refractivity contribution in [1.82, 2.24) is 4.98 Å². The second-order valence-electron chi connectivity index (χ2n) is 4.27. The summed E-state index contributed by atoms with van der Waals surface area (Å²) in [6, 6.07) is 9.68. The lowest BCUT2D eigenvalue weighted by Crippen LogP contribution is -2.00. The Morgan fingerprint density at radius 3 is 2.89 bits per heavy atom. The minimum atomic E-state index is 0.0444. The number of ketones is 1. The standard InChI is InChI=1S/C15H10BrNOS/c1-9-12-5-4-11(16)7-13(12)19-15(9)14(18)10-3-2-6-17-8-10/h2-8H,1H3. The molecule has 0 aliphatic carbocycles. The van der Waals surface area contributed by atoms with Crippen molar-refractivity contribution < 1.29 is 4.79 Å². The summed E-state index contributed by atoms with van der Waals surface area (Å²) in [6.45, 7) is 2.00. The number of benzene rings is 1. The Bertz CT molecular complexity index is 764. The average molecular weight is 332 g/mol. The van der Waals surface area contributed by atoms with Crippen molar-refractivity contribution in [1.29, 1.82) is 0 Å². The van der Waals surface area contributed by atoms with Gasteiger partial charge in [0.05, 0.1) is 4.88 Å². The molecule has 0 bridgehead atoms. The van der Waals surface area contributed by atoms with Gasteiger partial charge in [-0.05, 0) is 42.1 Å². The largest absolute Gasteiger partial charge is 0.288 e. The first-order chi connectivity index (χ1) is 9.16. The van der Waals surface area contributed by atoms with E-state index in [1.54, 1.807) is 24.5 Å². The number of fused-ring (bicyclic) bond motifs is 1. The van der Waals surface area contributed by atoms with Crippen molar-refractivity contribution in [3.8, 4) is 0 Å². The molecule has 0 unspecified atom stereocenters. The zero-order chi connectivity index (χ0) is 13.4. The normalized spacial score (nSPS) is 10.8. The van der Waals surface area contributed by atoms with Gasteiger partial charge in [-0.1, -0.05) is 22.0 Å². The third-order valence-corrected chi connectivity index (χ3v) is 4.78. The highest BCUT2D eigenvalue weighted by Crippen LogP contribution is 2.33. The van der Waals surface area contributed by atoms with Crippen molar-refractivity contribution in [2.24, 2.45) is 0 Å². The number of rotatable bonds is 2. The minimum Gasteiger partial charge on any atom is -0.288 e. The summed E-state index contributed by atoms with van der Waals surface area (Å²) in [5.41, 5.74) is 1.68. The van der Waals surface area contributed by atoms with Crippen LogP contribution in [0.25, 0.3) is 10.1 Å². The van der Waals surface area contributed by atoms with Gasteiger partial charge < -0.3 is 0 Å². The second kappa shape index (κ2) is 4.87. The van der Waals surface area contributed by atoms with E-state index < -0.39 is 0 Å². The van der Waals surface area contributed by atoms with E-state index in [-0.39, 0.29) is 5.78 Å². The molecule has 0 aliphatic heterocycles. The molecule has 2 heterocycles. The molecule has 0 aliphatic rings. The molecule has 0 saturated heterocycles. The first kappa shape index (κ1) is 12.5. The van der Waals surface area contributed by atoms with Gasteiger partial charge in [0.2, 0.25) is 5.78 Å². The molecule has 1 aromatic carbocycles. The number of nitrogens with zero attached hydrogens (tertiary/aromatic N) is 1.